The van der Waals surface area contributed by atoms with Gasteiger partial charge in [0.15, 0.2) is 4.73 Å². The topological polar surface area (TPSA) is 29.9 Å². The van der Waals surface area contributed by atoms with Crippen LogP contribution in [0.3, 0.4) is 0 Å². The van der Waals surface area contributed by atoms with Gasteiger partial charge in [-0.15, -0.1) is 0 Å². The van der Waals surface area contributed by atoms with Gasteiger partial charge in [0.2, 0.25) is 0 Å². The van der Waals surface area contributed by atoms with Crippen molar-refractivity contribution in [3.63, 3.8) is 0 Å². The number of hydrogen-bond acceptors (Lipinski definition) is 2. The van der Waals surface area contributed by atoms with E-state index in [1.807, 2.05) is 13.2 Å². The summed E-state index contributed by atoms with van der Waals surface area (Å²) in [7, 11) is 2.03. The first kappa shape index (κ1) is 10.2. The Morgan fingerprint density at radius 2 is 2.29 bits per heavy atom. The maximum absolute atomic E-state index is 4.20. The molecule has 1 heterocycles. The quantitative estimate of drug-likeness (QED) is 0.900. The lowest BCUT2D eigenvalue weighted by Crippen LogP contribution is -2.26. The van der Waals surface area contributed by atoms with E-state index in [1.165, 1.54) is 31.4 Å². The Morgan fingerprint density at radius 1 is 1.57 bits per heavy atom. The van der Waals surface area contributed by atoms with Crippen LogP contribution in [0.25, 0.3) is 0 Å². The van der Waals surface area contributed by atoms with Crippen molar-refractivity contribution in [2.75, 3.05) is 0 Å². The second kappa shape index (κ2) is 4.45. The first-order chi connectivity index (χ1) is 6.77. The third kappa shape index (κ3) is 2.17. The van der Waals surface area contributed by atoms with Gasteiger partial charge in [-0.05, 0) is 28.8 Å². The van der Waals surface area contributed by atoms with Gasteiger partial charge in [0.1, 0.15) is 0 Å². The second-order valence-electron chi connectivity index (χ2n) is 3.94. The molecule has 0 saturated heterocycles. The summed E-state index contributed by atoms with van der Waals surface area (Å²) in [6.45, 7) is 0.930. The largest absolute Gasteiger partial charge is 0.325 e. The van der Waals surface area contributed by atoms with Crippen LogP contribution in [0.4, 0.5) is 0 Å². The highest BCUT2D eigenvalue weighted by Gasteiger charge is 2.14. The third-order valence-corrected chi connectivity index (χ3v) is 3.69. The first-order valence-electron chi connectivity index (χ1n) is 5.17. The van der Waals surface area contributed by atoms with Gasteiger partial charge in [0.25, 0.3) is 0 Å². The van der Waals surface area contributed by atoms with Crippen LogP contribution in [-0.4, -0.2) is 15.6 Å². The van der Waals surface area contributed by atoms with Crippen molar-refractivity contribution in [3.8, 4) is 0 Å². The standard InChI is InChI=1S/C10H16BrN3/c1-14-9(7-13-10(14)11)6-12-8-4-2-3-5-8/h7-8,12H,2-6H2,1H3. The van der Waals surface area contributed by atoms with Gasteiger partial charge in [-0.1, -0.05) is 12.8 Å². The van der Waals surface area contributed by atoms with E-state index in [0.29, 0.717) is 0 Å². The first-order valence-corrected chi connectivity index (χ1v) is 5.96. The van der Waals surface area contributed by atoms with Crippen LogP contribution >= 0.6 is 15.9 Å². The maximum Gasteiger partial charge on any atom is 0.177 e. The van der Waals surface area contributed by atoms with E-state index in [0.717, 1.165) is 17.3 Å². The van der Waals surface area contributed by atoms with Gasteiger partial charge in [-0.25, -0.2) is 4.98 Å². The van der Waals surface area contributed by atoms with Crippen LogP contribution in [-0.2, 0) is 13.6 Å². The molecule has 0 aromatic carbocycles. The van der Waals surface area contributed by atoms with Crippen molar-refractivity contribution >= 4 is 15.9 Å². The van der Waals surface area contributed by atoms with Gasteiger partial charge in [0, 0.05) is 19.6 Å². The normalized spacial score (nSPS) is 17.9. The minimum Gasteiger partial charge on any atom is -0.325 e. The number of aromatic nitrogens is 2. The maximum atomic E-state index is 4.20. The SMILES string of the molecule is Cn1c(CNC2CCCC2)cnc1Br. The van der Waals surface area contributed by atoms with Crippen molar-refractivity contribution < 1.29 is 0 Å². The molecule has 0 unspecified atom stereocenters. The number of nitrogens with one attached hydrogen (secondary N) is 1. The summed E-state index contributed by atoms with van der Waals surface area (Å²) in [4.78, 5) is 4.20. The lowest BCUT2D eigenvalue weighted by Gasteiger charge is -2.11. The fourth-order valence-corrected chi connectivity index (χ4v) is 2.29. The molecule has 1 aromatic heterocycles. The molecule has 78 valence electrons. The minimum atomic E-state index is 0.726. The molecule has 1 aliphatic carbocycles. The van der Waals surface area contributed by atoms with Gasteiger partial charge in [0.05, 0.1) is 11.9 Å². The lowest BCUT2D eigenvalue weighted by atomic mass is 10.2. The molecule has 1 aromatic rings. The molecule has 0 atom stereocenters. The van der Waals surface area contributed by atoms with E-state index in [1.54, 1.807) is 0 Å². The predicted octanol–water partition coefficient (Wildman–Crippen LogP) is 2.21. The molecule has 14 heavy (non-hydrogen) atoms. The van der Waals surface area contributed by atoms with Gasteiger partial charge < -0.3 is 9.88 Å². The highest BCUT2D eigenvalue weighted by Crippen LogP contribution is 2.18. The molecule has 1 saturated carbocycles. The summed E-state index contributed by atoms with van der Waals surface area (Å²) in [5, 5.41) is 3.57. The van der Waals surface area contributed by atoms with Gasteiger partial charge in [-0.3, -0.25) is 0 Å². The van der Waals surface area contributed by atoms with E-state index < -0.39 is 0 Å². The smallest absolute Gasteiger partial charge is 0.177 e. The Bertz CT molecular complexity index is 302. The molecular weight excluding hydrogens is 242 g/mol. The zero-order chi connectivity index (χ0) is 9.97. The summed E-state index contributed by atoms with van der Waals surface area (Å²) in [5.74, 6) is 0. The second-order valence-corrected chi connectivity index (χ2v) is 4.65. The van der Waals surface area contributed by atoms with E-state index in [-0.39, 0.29) is 0 Å². The average molecular weight is 258 g/mol. The highest BCUT2D eigenvalue weighted by atomic mass is 79.9. The molecule has 1 N–H and O–H groups in total. The van der Waals surface area contributed by atoms with Gasteiger partial charge in [-0.2, -0.15) is 0 Å². The Balaban J connectivity index is 1.88. The molecule has 1 fully saturated rings. The van der Waals surface area contributed by atoms with Crippen molar-refractivity contribution in [3.05, 3.63) is 16.6 Å². The number of rotatable bonds is 3. The number of imidazole rings is 1. The third-order valence-electron chi connectivity index (χ3n) is 2.95. The highest BCUT2D eigenvalue weighted by molar-refractivity contribution is 9.10. The summed E-state index contributed by atoms with van der Waals surface area (Å²) >= 11 is 3.39. The van der Waals surface area contributed by atoms with Crippen LogP contribution < -0.4 is 5.32 Å². The zero-order valence-corrected chi connectivity index (χ0v) is 10.0. The van der Waals surface area contributed by atoms with Crippen LogP contribution in [0.5, 0.6) is 0 Å². The molecule has 3 nitrogen and oxygen atoms in total. The summed E-state index contributed by atoms with van der Waals surface area (Å²) in [5.41, 5.74) is 1.24. The Kier molecular flexibility index (Phi) is 3.23. The summed E-state index contributed by atoms with van der Waals surface area (Å²) in [6, 6.07) is 0.726. The molecule has 0 amide bonds. The van der Waals surface area contributed by atoms with Crippen LogP contribution in [0.2, 0.25) is 0 Å². The van der Waals surface area contributed by atoms with E-state index in [2.05, 4.69) is 30.8 Å². The molecule has 4 heteroatoms. The predicted molar refractivity (Wildman–Crippen MR) is 60.0 cm³/mol. The fraction of sp³-hybridized carbons (Fsp3) is 0.700. The van der Waals surface area contributed by atoms with Crippen LogP contribution in [0.1, 0.15) is 31.4 Å². The Morgan fingerprint density at radius 3 is 2.86 bits per heavy atom. The molecule has 1 aliphatic rings. The molecule has 0 bridgehead atoms. The minimum absolute atomic E-state index is 0.726. The van der Waals surface area contributed by atoms with E-state index in [9.17, 15) is 0 Å². The molecule has 0 spiro atoms. The van der Waals surface area contributed by atoms with E-state index >= 15 is 0 Å². The number of hydrogen-bond donors (Lipinski definition) is 1. The Hall–Kier alpha value is -0.350. The lowest BCUT2D eigenvalue weighted by molar-refractivity contribution is 0.512. The van der Waals surface area contributed by atoms with Crippen molar-refractivity contribution in [2.45, 2.75) is 38.3 Å². The number of halogens is 1. The number of nitrogens with zero attached hydrogens (tertiary/aromatic N) is 2. The zero-order valence-electron chi connectivity index (χ0n) is 8.46. The molecule has 0 aliphatic heterocycles. The van der Waals surface area contributed by atoms with Crippen LogP contribution in [0.15, 0.2) is 10.9 Å². The monoisotopic (exact) mass is 257 g/mol. The van der Waals surface area contributed by atoms with Crippen molar-refractivity contribution in [1.82, 2.24) is 14.9 Å². The van der Waals surface area contributed by atoms with E-state index in [4.69, 9.17) is 0 Å². The molecule has 2 rings (SSSR count). The average Bonchev–Trinajstić information content (AvgIpc) is 2.77. The molecule has 0 radical (unpaired) electrons. The van der Waals surface area contributed by atoms with Crippen molar-refractivity contribution in [1.29, 1.82) is 0 Å². The summed E-state index contributed by atoms with van der Waals surface area (Å²) in [6.07, 6.45) is 7.35. The van der Waals surface area contributed by atoms with Gasteiger partial charge >= 0.3 is 0 Å². The molecular formula is C10H16BrN3. The fourth-order valence-electron chi connectivity index (χ4n) is 1.96. The van der Waals surface area contributed by atoms with Crippen LogP contribution in [0, 0.1) is 0 Å². The van der Waals surface area contributed by atoms with Crippen molar-refractivity contribution in [2.24, 2.45) is 7.05 Å². The summed E-state index contributed by atoms with van der Waals surface area (Å²) < 4.78 is 2.97. The Labute approximate surface area is 93.0 Å².